The van der Waals surface area contributed by atoms with E-state index in [1.165, 1.54) is 6.26 Å². The smallest absolute Gasteiger partial charge is 0.198 e. The molecule has 0 spiro atoms. The van der Waals surface area contributed by atoms with Crippen LogP contribution in [0.2, 0.25) is 0 Å². The molecule has 2 aromatic carbocycles. The average molecular weight is 371 g/mol. The van der Waals surface area contributed by atoms with Gasteiger partial charge in [0.05, 0.1) is 10.9 Å². The van der Waals surface area contributed by atoms with Gasteiger partial charge in [-0.1, -0.05) is 40.2 Å². The third kappa shape index (κ3) is 2.52. The van der Waals surface area contributed by atoms with E-state index in [2.05, 4.69) is 15.9 Å². The number of ether oxygens (including phenoxy) is 1. The van der Waals surface area contributed by atoms with E-state index in [1.54, 1.807) is 48.5 Å². The molecule has 1 saturated heterocycles. The van der Waals surface area contributed by atoms with E-state index >= 15 is 0 Å². The summed E-state index contributed by atoms with van der Waals surface area (Å²) in [7, 11) is 0. The van der Waals surface area contributed by atoms with Gasteiger partial charge in [-0.3, -0.25) is 9.59 Å². The highest BCUT2D eigenvalue weighted by Crippen LogP contribution is 2.39. The topological polar surface area (TPSA) is 59.8 Å². The summed E-state index contributed by atoms with van der Waals surface area (Å²) >= 11 is 3.33. The number of ketones is 1. The first-order valence-electron chi connectivity index (χ1n) is 7.11. The van der Waals surface area contributed by atoms with Gasteiger partial charge >= 0.3 is 0 Å². The summed E-state index contributed by atoms with van der Waals surface area (Å²) in [5.74, 6) is -0.130. The lowest BCUT2D eigenvalue weighted by molar-refractivity contribution is 0.0953. The maximum absolute atomic E-state index is 12.5. The van der Waals surface area contributed by atoms with Gasteiger partial charge in [-0.15, -0.1) is 0 Å². The Hall–Kier alpha value is -2.24. The molecule has 0 unspecified atom stereocenters. The van der Waals surface area contributed by atoms with Crippen LogP contribution in [0.25, 0.3) is 11.0 Å². The van der Waals surface area contributed by atoms with Gasteiger partial charge in [-0.2, -0.15) is 0 Å². The molecule has 5 heteroatoms. The highest BCUT2D eigenvalue weighted by molar-refractivity contribution is 9.10. The molecule has 1 aromatic heterocycles. The van der Waals surface area contributed by atoms with Crippen molar-refractivity contribution < 1.29 is 13.9 Å². The first-order valence-corrected chi connectivity index (χ1v) is 7.90. The van der Waals surface area contributed by atoms with E-state index in [0.29, 0.717) is 22.1 Å². The highest BCUT2D eigenvalue weighted by atomic mass is 79.9. The van der Waals surface area contributed by atoms with Gasteiger partial charge in [0.25, 0.3) is 0 Å². The first kappa shape index (κ1) is 14.4. The Balaban J connectivity index is 1.64. The minimum absolute atomic E-state index is 0.130. The second-order valence-corrected chi connectivity index (χ2v) is 6.28. The molecule has 23 heavy (non-hydrogen) atoms. The number of benzene rings is 2. The number of epoxide rings is 1. The van der Waals surface area contributed by atoms with Crippen molar-refractivity contribution in [1.82, 2.24) is 0 Å². The number of hydrogen-bond acceptors (Lipinski definition) is 4. The number of halogens is 1. The van der Waals surface area contributed by atoms with Gasteiger partial charge in [0.15, 0.2) is 17.3 Å². The number of rotatable bonds is 3. The lowest BCUT2D eigenvalue weighted by Gasteiger charge is -2.00. The summed E-state index contributed by atoms with van der Waals surface area (Å²) in [6.07, 6.45) is 0.233. The molecular weight excluding hydrogens is 360 g/mol. The lowest BCUT2D eigenvalue weighted by Crippen LogP contribution is -2.13. The molecule has 4 rings (SSSR count). The zero-order valence-corrected chi connectivity index (χ0v) is 13.4. The number of fused-ring (bicyclic) bond motifs is 1. The molecule has 4 nitrogen and oxygen atoms in total. The Morgan fingerprint density at radius 2 is 1.78 bits per heavy atom. The largest absolute Gasteiger partial charge is 0.464 e. The minimum atomic E-state index is -0.625. The van der Waals surface area contributed by atoms with Crippen LogP contribution < -0.4 is 5.43 Å². The maximum atomic E-state index is 12.5. The van der Waals surface area contributed by atoms with Gasteiger partial charge in [-0.05, 0) is 24.3 Å². The second kappa shape index (κ2) is 5.44. The fourth-order valence-corrected chi connectivity index (χ4v) is 2.88. The molecule has 1 aliphatic heterocycles. The summed E-state index contributed by atoms with van der Waals surface area (Å²) in [4.78, 5) is 24.9. The fourth-order valence-electron chi connectivity index (χ4n) is 2.62. The van der Waals surface area contributed by atoms with Crippen molar-refractivity contribution in [3.63, 3.8) is 0 Å². The number of para-hydroxylation sites is 1. The maximum Gasteiger partial charge on any atom is 0.198 e. The van der Waals surface area contributed by atoms with Gasteiger partial charge in [-0.25, -0.2) is 0 Å². The molecule has 2 atom stereocenters. The van der Waals surface area contributed by atoms with E-state index in [0.717, 1.165) is 4.47 Å². The van der Waals surface area contributed by atoms with Crippen molar-refractivity contribution in [3.05, 3.63) is 80.6 Å². The minimum Gasteiger partial charge on any atom is -0.464 e. The van der Waals surface area contributed by atoms with Crippen LogP contribution in [0, 0.1) is 0 Å². The Morgan fingerprint density at radius 1 is 1.04 bits per heavy atom. The van der Waals surface area contributed by atoms with Crippen molar-refractivity contribution in [2.45, 2.75) is 12.2 Å². The van der Waals surface area contributed by atoms with Crippen molar-refractivity contribution in [2.24, 2.45) is 0 Å². The van der Waals surface area contributed by atoms with Crippen molar-refractivity contribution in [1.29, 1.82) is 0 Å². The predicted octanol–water partition coefficient (Wildman–Crippen LogP) is 3.88. The Labute approximate surface area is 139 Å². The average Bonchev–Trinajstić information content (AvgIpc) is 3.36. The summed E-state index contributed by atoms with van der Waals surface area (Å²) in [6.45, 7) is 0. The molecular formula is C18H11BrO4. The zero-order chi connectivity index (χ0) is 16.0. The van der Waals surface area contributed by atoms with E-state index in [9.17, 15) is 9.59 Å². The SMILES string of the molecule is O=C(c1ccc(Br)cc1)[C@@H]1O[C@H]1c1coc2ccccc2c1=O. The summed E-state index contributed by atoms with van der Waals surface area (Å²) in [6, 6.07) is 14.1. The van der Waals surface area contributed by atoms with Gasteiger partial charge < -0.3 is 9.15 Å². The molecule has 0 N–H and O–H groups in total. The Kier molecular flexibility index (Phi) is 3.39. The van der Waals surface area contributed by atoms with Crippen LogP contribution in [0.5, 0.6) is 0 Å². The molecule has 0 saturated carbocycles. The van der Waals surface area contributed by atoms with Gasteiger partial charge in [0.1, 0.15) is 18.0 Å². The van der Waals surface area contributed by atoms with Crippen molar-refractivity contribution in [3.8, 4) is 0 Å². The summed E-state index contributed by atoms with van der Waals surface area (Å²) in [5, 5.41) is 0.496. The molecule has 114 valence electrons. The normalized spacial score (nSPS) is 19.7. The number of carbonyl (C=O) groups excluding carboxylic acids is 1. The van der Waals surface area contributed by atoms with E-state index in [4.69, 9.17) is 9.15 Å². The molecule has 1 aliphatic rings. The molecule has 0 bridgehead atoms. The number of hydrogen-bond donors (Lipinski definition) is 0. The van der Waals surface area contributed by atoms with E-state index in [-0.39, 0.29) is 11.2 Å². The summed E-state index contributed by atoms with van der Waals surface area (Å²) < 4.78 is 11.8. The molecule has 2 heterocycles. The number of carbonyl (C=O) groups is 1. The lowest BCUT2D eigenvalue weighted by atomic mass is 10.0. The zero-order valence-electron chi connectivity index (χ0n) is 11.9. The van der Waals surface area contributed by atoms with Gasteiger partial charge in [0.2, 0.25) is 0 Å². The van der Waals surface area contributed by atoms with Crippen LogP contribution in [0.4, 0.5) is 0 Å². The predicted molar refractivity (Wildman–Crippen MR) is 88.6 cm³/mol. The third-order valence-electron chi connectivity index (χ3n) is 3.89. The Morgan fingerprint density at radius 3 is 2.57 bits per heavy atom. The second-order valence-electron chi connectivity index (χ2n) is 5.36. The van der Waals surface area contributed by atoms with Crippen LogP contribution in [-0.4, -0.2) is 11.9 Å². The van der Waals surface area contributed by atoms with Crippen LogP contribution in [0.3, 0.4) is 0 Å². The molecule has 0 aliphatic carbocycles. The third-order valence-corrected chi connectivity index (χ3v) is 4.42. The van der Waals surface area contributed by atoms with Crippen LogP contribution >= 0.6 is 15.9 Å². The van der Waals surface area contributed by atoms with Crippen molar-refractivity contribution in [2.75, 3.05) is 0 Å². The standard InChI is InChI=1S/C18H11BrO4/c19-11-7-5-10(6-8-11)15(20)18-17(23-18)13-9-22-14-4-2-1-3-12(14)16(13)21/h1-9,17-18H/t17-,18-/m0/s1. The number of Topliss-reactive ketones (excluding diaryl/α,β-unsaturated/α-hetero) is 1. The molecule has 0 radical (unpaired) electrons. The monoisotopic (exact) mass is 370 g/mol. The first-order chi connectivity index (χ1) is 11.1. The van der Waals surface area contributed by atoms with E-state index < -0.39 is 12.2 Å². The summed E-state index contributed by atoms with van der Waals surface area (Å²) in [5.41, 5.74) is 1.32. The molecule has 3 aromatic rings. The van der Waals surface area contributed by atoms with Crippen LogP contribution in [0.1, 0.15) is 22.0 Å². The highest BCUT2D eigenvalue weighted by Gasteiger charge is 2.48. The molecule has 1 fully saturated rings. The van der Waals surface area contributed by atoms with Crippen LogP contribution in [0.15, 0.2) is 68.5 Å². The van der Waals surface area contributed by atoms with Gasteiger partial charge in [0, 0.05) is 10.0 Å². The van der Waals surface area contributed by atoms with Crippen molar-refractivity contribution >= 4 is 32.7 Å². The quantitative estimate of drug-likeness (QED) is 0.518. The molecule has 0 amide bonds. The Bertz CT molecular complexity index is 959. The van der Waals surface area contributed by atoms with E-state index in [1.807, 2.05) is 0 Å². The van der Waals surface area contributed by atoms with Crippen LogP contribution in [-0.2, 0) is 4.74 Å². The fraction of sp³-hybridized carbons (Fsp3) is 0.111.